The first-order valence-corrected chi connectivity index (χ1v) is 14.0. The average molecular weight is 552 g/mol. The van der Waals surface area contributed by atoms with Gasteiger partial charge in [-0.05, 0) is 73.2 Å². The molecule has 3 aromatic carbocycles. The molecule has 0 bridgehead atoms. The number of carbonyl (C=O) groups is 1. The van der Waals surface area contributed by atoms with Gasteiger partial charge in [-0.3, -0.25) is 14.6 Å². The first kappa shape index (κ1) is 28.2. The van der Waals surface area contributed by atoms with Gasteiger partial charge in [-0.1, -0.05) is 42.5 Å². The Bertz CT molecular complexity index is 1220. The zero-order chi connectivity index (χ0) is 28.0. The number of halogens is 3. The van der Waals surface area contributed by atoms with Crippen molar-refractivity contribution < 1.29 is 22.7 Å². The van der Waals surface area contributed by atoms with Crippen molar-refractivity contribution in [3.8, 4) is 5.75 Å². The van der Waals surface area contributed by atoms with Crippen LogP contribution in [0.5, 0.6) is 5.75 Å². The molecule has 1 N–H and O–H groups in total. The normalized spacial score (nSPS) is 18.0. The molecule has 0 radical (unpaired) electrons. The van der Waals surface area contributed by atoms with Crippen LogP contribution in [0.25, 0.3) is 0 Å². The van der Waals surface area contributed by atoms with Gasteiger partial charge in [0.25, 0.3) is 5.91 Å². The number of nitrogens with one attached hydrogen (secondary N) is 1. The van der Waals surface area contributed by atoms with Gasteiger partial charge in [0.15, 0.2) is 0 Å². The van der Waals surface area contributed by atoms with Gasteiger partial charge in [0.2, 0.25) is 0 Å². The van der Waals surface area contributed by atoms with Crippen molar-refractivity contribution in [3.05, 3.63) is 101 Å². The fourth-order valence-corrected chi connectivity index (χ4v) is 5.47. The molecule has 2 aliphatic heterocycles. The van der Waals surface area contributed by atoms with Gasteiger partial charge in [-0.25, -0.2) is 0 Å². The van der Waals surface area contributed by atoms with Crippen molar-refractivity contribution in [2.45, 2.75) is 57.1 Å². The van der Waals surface area contributed by atoms with E-state index in [0.29, 0.717) is 12.1 Å². The van der Waals surface area contributed by atoms with E-state index in [-0.39, 0.29) is 18.1 Å². The van der Waals surface area contributed by atoms with E-state index in [4.69, 9.17) is 4.74 Å². The van der Waals surface area contributed by atoms with Gasteiger partial charge >= 0.3 is 6.18 Å². The molecule has 2 heterocycles. The molecular weight excluding hydrogens is 515 g/mol. The van der Waals surface area contributed by atoms with Crippen LogP contribution in [0, 0.1) is 0 Å². The molecule has 0 aliphatic carbocycles. The minimum Gasteiger partial charge on any atom is -0.490 e. The second-order valence-electron chi connectivity index (χ2n) is 10.8. The highest BCUT2D eigenvalue weighted by Crippen LogP contribution is 2.29. The lowest BCUT2D eigenvalue weighted by atomic mass is 10.0. The van der Waals surface area contributed by atoms with Crippen molar-refractivity contribution in [2.24, 2.45) is 0 Å². The minimum absolute atomic E-state index is 0.0513. The van der Waals surface area contributed by atoms with Crippen LogP contribution in [0.4, 0.5) is 13.2 Å². The van der Waals surface area contributed by atoms with Crippen LogP contribution < -0.4 is 10.1 Å². The molecule has 40 heavy (non-hydrogen) atoms. The Labute approximate surface area is 233 Å². The van der Waals surface area contributed by atoms with Gasteiger partial charge in [-0.15, -0.1) is 0 Å². The van der Waals surface area contributed by atoms with E-state index in [2.05, 4.69) is 39.4 Å². The van der Waals surface area contributed by atoms with Crippen LogP contribution in [0.2, 0.25) is 0 Å². The molecular formula is C32H36F3N3O2. The Balaban J connectivity index is 1.02. The first-order chi connectivity index (χ1) is 19.3. The molecule has 5 nitrogen and oxygen atoms in total. The van der Waals surface area contributed by atoms with E-state index in [1.165, 1.54) is 5.56 Å². The van der Waals surface area contributed by atoms with Gasteiger partial charge in [0.05, 0.1) is 5.56 Å². The highest BCUT2D eigenvalue weighted by Gasteiger charge is 2.30. The number of hydrogen-bond donors (Lipinski definition) is 1. The molecule has 3 aromatic rings. The van der Waals surface area contributed by atoms with Gasteiger partial charge in [-0.2, -0.15) is 13.2 Å². The van der Waals surface area contributed by atoms with Crippen molar-refractivity contribution in [2.75, 3.05) is 26.2 Å². The summed E-state index contributed by atoms with van der Waals surface area (Å²) in [5.74, 6) is 0.691. The van der Waals surface area contributed by atoms with Crippen LogP contribution in [0.15, 0.2) is 78.9 Å². The summed E-state index contributed by atoms with van der Waals surface area (Å²) in [6, 6.07) is 23.4. The van der Waals surface area contributed by atoms with Crippen molar-refractivity contribution >= 4 is 5.91 Å². The molecule has 8 heteroatoms. The Kier molecular flexibility index (Phi) is 9.07. The average Bonchev–Trinajstić information content (AvgIpc) is 2.96. The van der Waals surface area contributed by atoms with E-state index in [1.54, 1.807) is 12.1 Å². The molecule has 0 atom stereocenters. The third-order valence-electron chi connectivity index (χ3n) is 7.81. The Hall–Kier alpha value is -3.36. The number of rotatable bonds is 8. The number of hydrogen-bond acceptors (Lipinski definition) is 4. The molecule has 2 aliphatic rings. The molecule has 1 amide bonds. The number of piperidine rings is 2. The van der Waals surface area contributed by atoms with E-state index in [9.17, 15) is 18.0 Å². The maximum atomic E-state index is 12.8. The van der Waals surface area contributed by atoms with Crippen molar-refractivity contribution in [3.63, 3.8) is 0 Å². The molecule has 5 rings (SSSR count). The summed E-state index contributed by atoms with van der Waals surface area (Å²) in [7, 11) is 0. The summed E-state index contributed by atoms with van der Waals surface area (Å²) in [5, 5.41) is 3.19. The predicted octanol–water partition coefficient (Wildman–Crippen LogP) is 6.14. The van der Waals surface area contributed by atoms with Gasteiger partial charge in [0, 0.05) is 50.9 Å². The Morgan fingerprint density at radius 3 is 1.88 bits per heavy atom. The predicted molar refractivity (Wildman–Crippen MR) is 149 cm³/mol. The van der Waals surface area contributed by atoms with E-state index in [1.807, 2.05) is 30.3 Å². The van der Waals surface area contributed by atoms with Crippen molar-refractivity contribution in [1.29, 1.82) is 0 Å². The summed E-state index contributed by atoms with van der Waals surface area (Å²) in [6.07, 6.45) is -0.673. The van der Waals surface area contributed by atoms with E-state index < -0.39 is 11.7 Å². The Morgan fingerprint density at radius 1 is 0.750 bits per heavy atom. The summed E-state index contributed by atoms with van der Waals surface area (Å²) in [5.41, 5.74) is 2.20. The number of benzene rings is 3. The number of ether oxygens (including phenoxy) is 1. The SMILES string of the molecule is O=C(NC1CCN(Cc2ccccc2)CC1)c1ccc(OC2CCN(Cc3ccc(C(F)(F)F)cc3)CC2)cc1. The van der Waals surface area contributed by atoms with Crippen LogP contribution in [-0.2, 0) is 19.3 Å². The van der Waals surface area contributed by atoms with Crippen LogP contribution in [-0.4, -0.2) is 54.0 Å². The van der Waals surface area contributed by atoms with Crippen molar-refractivity contribution in [1.82, 2.24) is 15.1 Å². The van der Waals surface area contributed by atoms with Crippen LogP contribution in [0.3, 0.4) is 0 Å². The number of amides is 1. The number of alkyl halides is 3. The maximum absolute atomic E-state index is 12.8. The highest BCUT2D eigenvalue weighted by atomic mass is 19.4. The summed E-state index contributed by atoms with van der Waals surface area (Å²) in [6.45, 7) is 5.14. The molecule has 0 unspecified atom stereocenters. The molecule has 2 saturated heterocycles. The third-order valence-corrected chi connectivity index (χ3v) is 7.81. The standard InChI is InChI=1S/C32H36F3N3O2/c33-32(34,35)27-10-6-25(7-11-27)23-38-20-16-30(17-21-38)40-29-12-8-26(9-13-29)31(39)36-28-14-18-37(19-15-28)22-24-4-2-1-3-5-24/h1-13,28,30H,14-23H2,(H,36,39). The molecule has 212 valence electrons. The lowest BCUT2D eigenvalue weighted by Gasteiger charge is -2.32. The lowest BCUT2D eigenvalue weighted by Crippen LogP contribution is -2.44. The number of nitrogens with zero attached hydrogens (tertiary/aromatic N) is 2. The maximum Gasteiger partial charge on any atom is 0.416 e. The topological polar surface area (TPSA) is 44.8 Å². The van der Waals surface area contributed by atoms with Crippen LogP contribution >= 0.6 is 0 Å². The smallest absolute Gasteiger partial charge is 0.416 e. The zero-order valence-corrected chi connectivity index (χ0v) is 22.6. The van der Waals surface area contributed by atoms with Crippen LogP contribution in [0.1, 0.15) is 52.7 Å². The molecule has 0 saturated carbocycles. The van der Waals surface area contributed by atoms with E-state index in [0.717, 1.165) is 81.9 Å². The zero-order valence-electron chi connectivity index (χ0n) is 22.6. The second kappa shape index (κ2) is 12.9. The fourth-order valence-electron chi connectivity index (χ4n) is 5.47. The first-order valence-electron chi connectivity index (χ1n) is 14.0. The lowest BCUT2D eigenvalue weighted by molar-refractivity contribution is -0.137. The number of likely N-dealkylation sites (tertiary alicyclic amines) is 2. The minimum atomic E-state index is -4.31. The molecule has 2 fully saturated rings. The quantitative estimate of drug-likeness (QED) is 0.365. The number of carbonyl (C=O) groups excluding carboxylic acids is 1. The highest BCUT2D eigenvalue weighted by molar-refractivity contribution is 5.94. The monoisotopic (exact) mass is 551 g/mol. The Morgan fingerprint density at radius 2 is 1.30 bits per heavy atom. The molecule has 0 aromatic heterocycles. The summed E-state index contributed by atoms with van der Waals surface area (Å²) in [4.78, 5) is 17.5. The molecule has 0 spiro atoms. The second-order valence-corrected chi connectivity index (χ2v) is 10.8. The largest absolute Gasteiger partial charge is 0.490 e. The third kappa shape index (κ3) is 7.86. The van der Waals surface area contributed by atoms with Gasteiger partial charge < -0.3 is 10.1 Å². The summed E-state index contributed by atoms with van der Waals surface area (Å²) >= 11 is 0. The summed E-state index contributed by atoms with van der Waals surface area (Å²) < 4.78 is 44.5. The van der Waals surface area contributed by atoms with Gasteiger partial charge in [0.1, 0.15) is 11.9 Å². The fraction of sp³-hybridized carbons (Fsp3) is 0.406. The van der Waals surface area contributed by atoms with E-state index >= 15 is 0 Å².